The minimum Gasteiger partial charge on any atom is -0.496 e. The summed E-state index contributed by atoms with van der Waals surface area (Å²) in [7, 11) is 1.68. The summed E-state index contributed by atoms with van der Waals surface area (Å²) in [4.78, 5) is 4.63. The molecule has 1 aromatic carbocycles. The number of aryl methyl sites for hydroxylation is 2. The van der Waals surface area contributed by atoms with Gasteiger partial charge in [-0.25, -0.2) is 4.99 Å². The van der Waals surface area contributed by atoms with E-state index in [0.29, 0.717) is 13.1 Å². The van der Waals surface area contributed by atoms with Crippen molar-refractivity contribution in [3.05, 3.63) is 41.5 Å². The molecule has 0 atom stereocenters. The van der Waals surface area contributed by atoms with Crippen LogP contribution in [0.5, 0.6) is 5.75 Å². The van der Waals surface area contributed by atoms with Crippen LogP contribution in [0.2, 0.25) is 0 Å². The fourth-order valence-corrected chi connectivity index (χ4v) is 2.33. The van der Waals surface area contributed by atoms with Gasteiger partial charge in [0.15, 0.2) is 11.8 Å². The largest absolute Gasteiger partial charge is 0.496 e. The minimum atomic E-state index is 0. The first-order chi connectivity index (χ1) is 11.7. The molecule has 7 nitrogen and oxygen atoms in total. The SMILES string of the molecule is CCNC(=NCc1ccc(C)cc1OC)NCc1nncn1CC.I. The first-order valence-electron chi connectivity index (χ1n) is 8.20. The van der Waals surface area contributed by atoms with Crippen LogP contribution in [0.3, 0.4) is 0 Å². The fraction of sp³-hybridized carbons (Fsp3) is 0.471. The summed E-state index contributed by atoms with van der Waals surface area (Å²) in [5.74, 6) is 2.49. The van der Waals surface area contributed by atoms with Crippen molar-refractivity contribution in [2.24, 2.45) is 4.99 Å². The Hall–Kier alpha value is -1.84. The molecule has 0 aliphatic heterocycles. The predicted octanol–water partition coefficient (Wildman–Crippen LogP) is 2.49. The van der Waals surface area contributed by atoms with Crippen LogP contribution in [0, 0.1) is 6.92 Å². The fourth-order valence-electron chi connectivity index (χ4n) is 2.33. The monoisotopic (exact) mass is 458 g/mol. The molecule has 0 bridgehead atoms. The van der Waals surface area contributed by atoms with Crippen molar-refractivity contribution in [3.8, 4) is 5.75 Å². The quantitative estimate of drug-likeness (QED) is 0.379. The number of hydrogen-bond donors (Lipinski definition) is 2. The number of guanidine groups is 1. The number of nitrogens with one attached hydrogen (secondary N) is 2. The lowest BCUT2D eigenvalue weighted by molar-refractivity contribution is 0.409. The number of aromatic nitrogens is 3. The Labute approximate surface area is 166 Å². The molecule has 1 heterocycles. The van der Waals surface area contributed by atoms with Gasteiger partial charge in [0.2, 0.25) is 0 Å². The highest BCUT2D eigenvalue weighted by Gasteiger charge is 2.06. The van der Waals surface area contributed by atoms with Gasteiger partial charge < -0.3 is 19.9 Å². The highest BCUT2D eigenvalue weighted by Crippen LogP contribution is 2.20. The second kappa shape index (κ2) is 10.9. The van der Waals surface area contributed by atoms with Gasteiger partial charge in [-0.1, -0.05) is 12.1 Å². The number of halogens is 1. The first-order valence-corrected chi connectivity index (χ1v) is 8.20. The molecule has 25 heavy (non-hydrogen) atoms. The molecule has 0 unspecified atom stereocenters. The number of aliphatic imine (C=N–C) groups is 1. The molecule has 0 amide bonds. The van der Waals surface area contributed by atoms with E-state index in [1.807, 2.05) is 24.5 Å². The van der Waals surface area contributed by atoms with Crippen molar-refractivity contribution in [2.45, 2.75) is 40.4 Å². The summed E-state index contributed by atoms with van der Waals surface area (Å²) in [6.45, 7) is 8.90. The molecule has 0 aliphatic carbocycles. The van der Waals surface area contributed by atoms with Gasteiger partial charge in [0.1, 0.15) is 12.1 Å². The molecule has 2 rings (SSSR count). The number of nitrogens with zero attached hydrogens (tertiary/aromatic N) is 4. The molecule has 0 radical (unpaired) electrons. The van der Waals surface area contributed by atoms with Crippen LogP contribution in [0.15, 0.2) is 29.5 Å². The van der Waals surface area contributed by atoms with Gasteiger partial charge in [0.05, 0.1) is 20.2 Å². The van der Waals surface area contributed by atoms with Crippen molar-refractivity contribution in [2.75, 3.05) is 13.7 Å². The first kappa shape index (κ1) is 21.2. The number of methoxy groups -OCH3 is 1. The lowest BCUT2D eigenvalue weighted by Crippen LogP contribution is -2.37. The normalized spacial score (nSPS) is 11.0. The molecule has 0 saturated heterocycles. The van der Waals surface area contributed by atoms with E-state index in [0.717, 1.165) is 36.2 Å². The van der Waals surface area contributed by atoms with Crippen LogP contribution in [-0.4, -0.2) is 34.4 Å². The molecule has 0 spiro atoms. The summed E-state index contributed by atoms with van der Waals surface area (Å²) < 4.78 is 7.44. The Morgan fingerprint density at radius 3 is 2.76 bits per heavy atom. The Kier molecular flexibility index (Phi) is 9.25. The highest BCUT2D eigenvalue weighted by atomic mass is 127. The van der Waals surface area contributed by atoms with Gasteiger partial charge in [0, 0.05) is 18.7 Å². The molecule has 1 aromatic heterocycles. The highest BCUT2D eigenvalue weighted by molar-refractivity contribution is 14.0. The second-order valence-electron chi connectivity index (χ2n) is 5.40. The standard InChI is InChI=1S/C17H26N6O.HI/c1-5-18-17(20-11-16-22-21-12-23(16)6-2)19-10-14-8-7-13(3)9-15(14)24-4;/h7-9,12H,5-6,10-11H2,1-4H3,(H2,18,19,20);1H. The van der Waals surface area contributed by atoms with Crippen LogP contribution in [0.1, 0.15) is 30.8 Å². The second-order valence-corrected chi connectivity index (χ2v) is 5.40. The Balaban J connectivity index is 0.00000312. The third kappa shape index (κ3) is 6.18. The topological polar surface area (TPSA) is 76.4 Å². The van der Waals surface area contributed by atoms with Crippen LogP contribution in [0.4, 0.5) is 0 Å². The predicted molar refractivity (Wildman–Crippen MR) is 110 cm³/mol. The summed E-state index contributed by atoms with van der Waals surface area (Å²) in [6.07, 6.45) is 1.73. The number of ether oxygens (including phenoxy) is 1. The third-order valence-corrected chi connectivity index (χ3v) is 3.64. The maximum Gasteiger partial charge on any atom is 0.191 e. The van der Waals surface area contributed by atoms with E-state index in [1.54, 1.807) is 13.4 Å². The third-order valence-electron chi connectivity index (χ3n) is 3.64. The molecule has 138 valence electrons. The summed E-state index contributed by atoms with van der Waals surface area (Å²) in [5.41, 5.74) is 2.22. The average molecular weight is 458 g/mol. The zero-order valence-corrected chi connectivity index (χ0v) is 17.6. The van der Waals surface area contributed by atoms with Gasteiger partial charge >= 0.3 is 0 Å². The zero-order chi connectivity index (χ0) is 17.4. The molecular weight excluding hydrogens is 431 g/mol. The minimum absolute atomic E-state index is 0. The van der Waals surface area contributed by atoms with Gasteiger partial charge in [0.25, 0.3) is 0 Å². The summed E-state index contributed by atoms with van der Waals surface area (Å²) in [5, 5.41) is 14.6. The maximum absolute atomic E-state index is 5.44. The Morgan fingerprint density at radius 2 is 2.08 bits per heavy atom. The van der Waals surface area contributed by atoms with Crippen molar-refractivity contribution in [1.82, 2.24) is 25.4 Å². The zero-order valence-electron chi connectivity index (χ0n) is 15.2. The number of hydrogen-bond acceptors (Lipinski definition) is 4. The number of benzene rings is 1. The van der Waals surface area contributed by atoms with E-state index >= 15 is 0 Å². The van der Waals surface area contributed by atoms with E-state index in [2.05, 4.69) is 44.9 Å². The molecule has 8 heteroatoms. The van der Waals surface area contributed by atoms with Crippen molar-refractivity contribution < 1.29 is 4.74 Å². The van der Waals surface area contributed by atoms with E-state index < -0.39 is 0 Å². The maximum atomic E-state index is 5.44. The van der Waals surface area contributed by atoms with Crippen LogP contribution >= 0.6 is 24.0 Å². The van der Waals surface area contributed by atoms with Crippen molar-refractivity contribution in [3.63, 3.8) is 0 Å². The number of rotatable bonds is 7. The average Bonchev–Trinajstić information content (AvgIpc) is 3.05. The van der Waals surface area contributed by atoms with Crippen LogP contribution in [0.25, 0.3) is 0 Å². The molecule has 0 fully saturated rings. The summed E-state index contributed by atoms with van der Waals surface area (Å²) >= 11 is 0. The van der Waals surface area contributed by atoms with Gasteiger partial charge in [-0.2, -0.15) is 0 Å². The Bertz CT molecular complexity index is 686. The van der Waals surface area contributed by atoms with Crippen molar-refractivity contribution in [1.29, 1.82) is 0 Å². The molecular formula is C17H27IN6O. The molecule has 2 aromatic rings. The van der Waals surface area contributed by atoms with Crippen LogP contribution < -0.4 is 15.4 Å². The van der Waals surface area contributed by atoms with Crippen LogP contribution in [-0.2, 0) is 19.6 Å². The lowest BCUT2D eigenvalue weighted by Gasteiger charge is -2.12. The lowest BCUT2D eigenvalue weighted by atomic mass is 10.1. The Morgan fingerprint density at radius 1 is 1.28 bits per heavy atom. The molecule has 0 aliphatic rings. The molecule has 2 N–H and O–H groups in total. The van der Waals surface area contributed by atoms with Crippen molar-refractivity contribution >= 4 is 29.9 Å². The van der Waals surface area contributed by atoms with Gasteiger partial charge in [-0.05, 0) is 32.4 Å². The van der Waals surface area contributed by atoms with E-state index in [1.165, 1.54) is 5.56 Å². The van der Waals surface area contributed by atoms with Gasteiger partial charge in [-0.3, -0.25) is 0 Å². The smallest absolute Gasteiger partial charge is 0.191 e. The van der Waals surface area contributed by atoms with E-state index in [4.69, 9.17) is 4.74 Å². The van der Waals surface area contributed by atoms with Gasteiger partial charge in [-0.15, -0.1) is 34.2 Å². The van der Waals surface area contributed by atoms with E-state index in [-0.39, 0.29) is 24.0 Å². The summed E-state index contributed by atoms with van der Waals surface area (Å²) in [6, 6.07) is 6.14. The molecule has 0 saturated carbocycles. The van der Waals surface area contributed by atoms with E-state index in [9.17, 15) is 0 Å².